The van der Waals surface area contributed by atoms with Crippen LogP contribution in [0.3, 0.4) is 0 Å². The lowest BCUT2D eigenvalue weighted by molar-refractivity contribution is -0.118. The first-order valence-corrected chi connectivity index (χ1v) is 14.0. The number of thioether (sulfide) groups is 1. The van der Waals surface area contributed by atoms with E-state index in [2.05, 4.69) is 62.1 Å². The number of fused-ring (bicyclic) bond motifs is 1. The molecule has 1 fully saturated rings. The standard InChI is InChI=1S/C27H35N3O2S2.ClH/c1-20-7-9-23(10-8-20)33-17-4-6-25(31)30(12-5-11-29-13-15-32-16-14-29)27-28-26-22(3)18-21(2)19-24(26)34-27;/h7-10,18-19H,4-6,11-17H2,1-3H3;1H. The summed E-state index contributed by atoms with van der Waals surface area (Å²) in [4.78, 5) is 23.9. The van der Waals surface area contributed by atoms with E-state index in [9.17, 15) is 4.79 Å². The van der Waals surface area contributed by atoms with E-state index in [4.69, 9.17) is 9.72 Å². The molecule has 4 rings (SSSR count). The molecule has 190 valence electrons. The molecule has 0 bridgehead atoms. The Morgan fingerprint density at radius 3 is 2.57 bits per heavy atom. The topological polar surface area (TPSA) is 45.7 Å². The molecule has 2 heterocycles. The minimum atomic E-state index is 0. The minimum absolute atomic E-state index is 0. The average Bonchev–Trinajstić information content (AvgIpc) is 3.25. The van der Waals surface area contributed by atoms with E-state index in [-0.39, 0.29) is 18.3 Å². The van der Waals surface area contributed by atoms with Gasteiger partial charge in [0.1, 0.15) is 0 Å². The SMILES string of the molecule is Cc1ccc(SCCCC(=O)N(CCCN2CCOCC2)c2nc3c(C)cc(C)cc3s2)cc1.Cl. The Kier molecular flexibility index (Phi) is 10.9. The lowest BCUT2D eigenvalue weighted by Crippen LogP contribution is -2.39. The third-order valence-corrected chi connectivity index (χ3v) is 8.26. The zero-order valence-corrected chi connectivity index (χ0v) is 23.4. The van der Waals surface area contributed by atoms with Crippen LogP contribution >= 0.6 is 35.5 Å². The van der Waals surface area contributed by atoms with Crippen LogP contribution in [0, 0.1) is 20.8 Å². The van der Waals surface area contributed by atoms with Crippen LogP contribution in [0.1, 0.15) is 36.0 Å². The van der Waals surface area contributed by atoms with Gasteiger partial charge in [-0.1, -0.05) is 35.1 Å². The zero-order valence-electron chi connectivity index (χ0n) is 20.9. The minimum Gasteiger partial charge on any atom is -0.379 e. The van der Waals surface area contributed by atoms with Crippen LogP contribution in [0.2, 0.25) is 0 Å². The number of carbonyl (C=O) groups is 1. The van der Waals surface area contributed by atoms with Gasteiger partial charge in [-0.25, -0.2) is 4.98 Å². The van der Waals surface area contributed by atoms with Crippen LogP contribution in [0.25, 0.3) is 10.2 Å². The van der Waals surface area contributed by atoms with Crippen molar-refractivity contribution in [3.05, 3.63) is 53.1 Å². The summed E-state index contributed by atoms with van der Waals surface area (Å²) in [5, 5.41) is 0.835. The number of ether oxygens (including phenoxy) is 1. The number of nitrogens with zero attached hydrogens (tertiary/aromatic N) is 3. The molecular weight excluding hydrogens is 498 g/mol. The molecule has 3 aromatic rings. The summed E-state index contributed by atoms with van der Waals surface area (Å²) in [5.41, 5.74) is 4.70. The van der Waals surface area contributed by atoms with Crippen molar-refractivity contribution in [2.75, 3.05) is 50.0 Å². The van der Waals surface area contributed by atoms with Gasteiger partial charge in [0.2, 0.25) is 5.91 Å². The van der Waals surface area contributed by atoms with Gasteiger partial charge in [-0.05, 0) is 68.7 Å². The molecule has 0 aliphatic carbocycles. The van der Waals surface area contributed by atoms with E-state index in [0.717, 1.165) is 66.8 Å². The monoisotopic (exact) mass is 533 g/mol. The fourth-order valence-corrected chi connectivity index (χ4v) is 6.30. The Morgan fingerprint density at radius 2 is 1.83 bits per heavy atom. The number of benzene rings is 2. The van der Waals surface area contributed by atoms with E-state index in [1.54, 1.807) is 11.3 Å². The molecule has 5 nitrogen and oxygen atoms in total. The predicted octanol–water partition coefficient (Wildman–Crippen LogP) is 6.27. The first-order chi connectivity index (χ1) is 16.5. The number of hydrogen-bond donors (Lipinski definition) is 0. The van der Waals surface area contributed by atoms with Crippen LogP contribution in [0.15, 0.2) is 41.3 Å². The number of thiazole rings is 1. The average molecular weight is 534 g/mol. The van der Waals surface area contributed by atoms with Gasteiger partial charge < -0.3 is 4.74 Å². The number of rotatable bonds is 10. The van der Waals surface area contributed by atoms with Crippen molar-refractivity contribution in [1.29, 1.82) is 0 Å². The fourth-order valence-electron chi connectivity index (χ4n) is 4.26. The summed E-state index contributed by atoms with van der Waals surface area (Å²) in [7, 11) is 0. The van der Waals surface area contributed by atoms with Crippen molar-refractivity contribution in [1.82, 2.24) is 9.88 Å². The van der Waals surface area contributed by atoms with Crippen LogP contribution in [-0.2, 0) is 9.53 Å². The van der Waals surface area contributed by atoms with E-state index < -0.39 is 0 Å². The molecule has 0 spiro atoms. The predicted molar refractivity (Wildman–Crippen MR) is 152 cm³/mol. The Labute approximate surface area is 223 Å². The zero-order chi connectivity index (χ0) is 23.9. The Balaban J connectivity index is 0.00000342. The van der Waals surface area contributed by atoms with Gasteiger partial charge in [-0.15, -0.1) is 24.2 Å². The molecule has 1 saturated heterocycles. The fraction of sp³-hybridized carbons (Fsp3) is 0.481. The maximum absolute atomic E-state index is 13.4. The van der Waals surface area contributed by atoms with Gasteiger partial charge in [0, 0.05) is 37.5 Å². The molecular formula is C27H36ClN3O2S2. The van der Waals surface area contributed by atoms with E-state index in [1.807, 2.05) is 16.7 Å². The number of aryl methyl sites for hydroxylation is 3. The highest BCUT2D eigenvalue weighted by atomic mass is 35.5. The molecule has 0 radical (unpaired) electrons. The number of aromatic nitrogens is 1. The van der Waals surface area contributed by atoms with E-state index in [1.165, 1.54) is 21.6 Å². The first-order valence-electron chi connectivity index (χ1n) is 12.2. The normalized spacial score (nSPS) is 14.1. The molecule has 0 saturated carbocycles. The largest absolute Gasteiger partial charge is 0.379 e. The second-order valence-corrected chi connectivity index (χ2v) is 11.2. The summed E-state index contributed by atoms with van der Waals surface area (Å²) in [6.07, 6.45) is 2.35. The third kappa shape index (κ3) is 7.92. The third-order valence-electron chi connectivity index (χ3n) is 6.13. The van der Waals surface area contributed by atoms with Gasteiger partial charge >= 0.3 is 0 Å². The highest BCUT2D eigenvalue weighted by molar-refractivity contribution is 7.99. The molecule has 1 amide bonds. The smallest absolute Gasteiger partial charge is 0.228 e. The molecule has 0 unspecified atom stereocenters. The maximum Gasteiger partial charge on any atom is 0.228 e. The van der Waals surface area contributed by atoms with Crippen molar-refractivity contribution in [2.24, 2.45) is 0 Å². The molecule has 2 aromatic carbocycles. The lowest BCUT2D eigenvalue weighted by atomic mass is 10.1. The van der Waals surface area contributed by atoms with Gasteiger partial charge in [0.25, 0.3) is 0 Å². The van der Waals surface area contributed by atoms with Crippen molar-refractivity contribution in [3.8, 4) is 0 Å². The van der Waals surface area contributed by atoms with Crippen LogP contribution in [0.4, 0.5) is 5.13 Å². The summed E-state index contributed by atoms with van der Waals surface area (Å²) in [5.74, 6) is 1.12. The lowest BCUT2D eigenvalue weighted by Gasteiger charge is -2.27. The van der Waals surface area contributed by atoms with Crippen molar-refractivity contribution in [2.45, 2.75) is 44.9 Å². The summed E-state index contributed by atoms with van der Waals surface area (Å²) < 4.78 is 6.63. The van der Waals surface area contributed by atoms with Gasteiger partial charge in [-0.3, -0.25) is 14.6 Å². The molecule has 1 aromatic heterocycles. The van der Waals surface area contributed by atoms with Crippen molar-refractivity contribution < 1.29 is 9.53 Å². The number of morpholine rings is 1. The molecule has 0 atom stereocenters. The number of anilines is 1. The maximum atomic E-state index is 13.4. The Hall–Kier alpha value is -1.64. The Bertz CT molecular complexity index is 1100. The van der Waals surface area contributed by atoms with Gasteiger partial charge in [-0.2, -0.15) is 0 Å². The number of hydrogen-bond acceptors (Lipinski definition) is 6. The van der Waals surface area contributed by atoms with E-state index >= 15 is 0 Å². The van der Waals surface area contributed by atoms with Crippen molar-refractivity contribution in [3.63, 3.8) is 0 Å². The summed E-state index contributed by atoms with van der Waals surface area (Å²) >= 11 is 3.46. The highest BCUT2D eigenvalue weighted by Crippen LogP contribution is 2.32. The van der Waals surface area contributed by atoms with Crippen LogP contribution < -0.4 is 4.90 Å². The molecule has 1 aliphatic heterocycles. The number of carbonyl (C=O) groups excluding carboxylic acids is 1. The molecule has 0 N–H and O–H groups in total. The molecule has 8 heteroatoms. The quantitative estimate of drug-likeness (QED) is 0.227. The Morgan fingerprint density at radius 1 is 1.09 bits per heavy atom. The second kappa shape index (κ2) is 13.6. The van der Waals surface area contributed by atoms with Gasteiger partial charge in [0.15, 0.2) is 5.13 Å². The second-order valence-electron chi connectivity index (χ2n) is 9.04. The molecule has 1 aliphatic rings. The highest BCUT2D eigenvalue weighted by Gasteiger charge is 2.21. The van der Waals surface area contributed by atoms with E-state index in [0.29, 0.717) is 13.0 Å². The van der Waals surface area contributed by atoms with Crippen molar-refractivity contribution >= 4 is 56.8 Å². The molecule has 35 heavy (non-hydrogen) atoms. The number of amides is 1. The number of halogens is 1. The first kappa shape index (κ1) is 27.9. The van der Waals surface area contributed by atoms with Gasteiger partial charge in [0.05, 0.1) is 23.4 Å². The van der Waals surface area contributed by atoms with Crippen LogP contribution in [0.5, 0.6) is 0 Å². The van der Waals surface area contributed by atoms with Crippen LogP contribution in [-0.4, -0.2) is 60.9 Å². The summed E-state index contributed by atoms with van der Waals surface area (Å²) in [6.45, 7) is 11.6. The summed E-state index contributed by atoms with van der Waals surface area (Å²) in [6, 6.07) is 12.9.